The Morgan fingerprint density at radius 2 is 2.00 bits per heavy atom. The first-order chi connectivity index (χ1) is 11.2. The van der Waals surface area contributed by atoms with Crippen LogP contribution in [0.1, 0.15) is 23.0 Å². The first kappa shape index (κ1) is 17.6. The lowest BCUT2D eigenvalue weighted by Gasteiger charge is -2.13. The third-order valence-corrected chi connectivity index (χ3v) is 2.75. The van der Waals surface area contributed by atoms with Crippen molar-refractivity contribution in [3.05, 3.63) is 47.3 Å². The number of carbonyl (C=O) groups excluding carboxylic acids is 1. The van der Waals surface area contributed by atoms with Gasteiger partial charge in [0.25, 0.3) is 0 Å². The van der Waals surface area contributed by atoms with Gasteiger partial charge < -0.3 is 10.1 Å². The number of nitrogens with one attached hydrogen (secondary N) is 1. The Kier molecular flexibility index (Phi) is 4.96. The van der Waals surface area contributed by atoms with Crippen molar-refractivity contribution in [1.29, 1.82) is 0 Å². The van der Waals surface area contributed by atoms with E-state index in [-0.39, 0.29) is 6.61 Å². The summed E-state index contributed by atoms with van der Waals surface area (Å²) in [5.41, 5.74) is -2.88. The van der Waals surface area contributed by atoms with Crippen molar-refractivity contribution in [1.82, 2.24) is 9.97 Å². The number of hydrogen-bond donors (Lipinski definition) is 1. The smallest absolute Gasteiger partial charge is 0.434 e. The van der Waals surface area contributed by atoms with E-state index in [9.17, 15) is 26.7 Å². The number of benzene rings is 1. The minimum atomic E-state index is -4.97. The zero-order valence-electron chi connectivity index (χ0n) is 12.1. The van der Waals surface area contributed by atoms with Crippen LogP contribution in [0.5, 0.6) is 0 Å². The van der Waals surface area contributed by atoms with Crippen LogP contribution in [0.3, 0.4) is 0 Å². The summed E-state index contributed by atoms with van der Waals surface area (Å²) in [6.07, 6.45) is -4.37. The number of aromatic nitrogens is 2. The molecule has 0 saturated heterocycles. The topological polar surface area (TPSA) is 64.1 Å². The van der Waals surface area contributed by atoms with Gasteiger partial charge in [0.15, 0.2) is 17.3 Å². The summed E-state index contributed by atoms with van der Waals surface area (Å²) >= 11 is 0. The highest BCUT2D eigenvalue weighted by molar-refractivity contribution is 5.90. The predicted molar refractivity (Wildman–Crippen MR) is 72.6 cm³/mol. The van der Waals surface area contributed by atoms with Crippen LogP contribution in [0.4, 0.5) is 33.6 Å². The van der Waals surface area contributed by atoms with E-state index < -0.39 is 46.7 Å². The molecule has 1 aromatic carbocycles. The SMILES string of the molecule is CCOC(=O)c1cnc(Nc2cccc(F)c2F)nc1C(F)(F)F. The number of nitrogens with zero attached hydrogens (tertiary/aromatic N) is 2. The standard InChI is InChI=1S/C14H10F5N3O2/c1-2-24-12(23)7-6-20-13(22-11(7)14(17,18)19)21-9-5-3-4-8(15)10(9)16/h3-6H,2H2,1H3,(H,20,21,22). The molecular weight excluding hydrogens is 337 g/mol. The molecule has 0 saturated carbocycles. The Labute approximate surface area is 132 Å². The molecule has 2 aromatic rings. The van der Waals surface area contributed by atoms with Crippen molar-refractivity contribution < 1.29 is 31.5 Å². The highest BCUT2D eigenvalue weighted by Gasteiger charge is 2.38. The van der Waals surface area contributed by atoms with Gasteiger partial charge in [0, 0.05) is 6.20 Å². The molecule has 0 radical (unpaired) electrons. The van der Waals surface area contributed by atoms with Gasteiger partial charge in [-0.2, -0.15) is 13.2 Å². The lowest BCUT2D eigenvalue weighted by atomic mass is 10.2. The van der Waals surface area contributed by atoms with Crippen LogP contribution in [0, 0.1) is 11.6 Å². The summed E-state index contributed by atoms with van der Waals surface area (Å²) in [4.78, 5) is 18.2. The van der Waals surface area contributed by atoms with Crippen LogP contribution < -0.4 is 5.32 Å². The van der Waals surface area contributed by atoms with Gasteiger partial charge in [-0.3, -0.25) is 0 Å². The van der Waals surface area contributed by atoms with E-state index in [1.165, 1.54) is 6.92 Å². The average molecular weight is 347 g/mol. The molecule has 24 heavy (non-hydrogen) atoms. The van der Waals surface area contributed by atoms with Crippen molar-refractivity contribution in [2.75, 3.05) is 11.9 Å². The summed E-state index contributed by atoms with van der Waals surface area (Å²) in [6.45, 7) is 1.29. The van der Waals surface area contributed by atoms with Crippen LogP contribution >= 0.6 is 0 Å². The summed E-state index contributed by atoms with van der Waals surface area (Å²) in [5, 5.41) is 2.13. The van der Waals surface area contributed by atoms with Crippen LogP contribution in [0.25, 0.3) is 0 Å². The van der Waals surface area contributed by atoms with Crippen molar-refractivity contribution in [2.24, 2.45) is 0 Å². The van der Waals surface area contributed by atoms with E-state index >= 15 is 0 Å². The zero-order chi connectivity index (χ0) is 17.9. The number of alkyl halides is 3. The molecule has 0 bridgehead atoms. The van der Waals surface area contributed by atoms with Gasteiger partial charge in [0.05, 0.1) is 12.3 Å². The minimum Gasteiger partial charge on any atom is -0.462 e. The molecule has 1 heterocycles. The van der Waals surface area contributed by atoms with Gasteiger partial charge >= 0.3 is 12.1 Å². The first-order valence-corrected chi connectivity index (χ1v) is 6.56. The molecule has 10 heteroatoms. The zero-order valence-corrected chi connectivity index (χ0v) is 12.1. The Bertz CT molecular complexity index is 765. The molecule has 0 atom stereocenters. The summed E-state index contributed by atoms with van der Waals surface area (Å²) < 4.78 is 70.3. The number of rotatable bonds is 4. The van der Waals surface area contributed by atoms with Gasteiger partial charge in [0.1, 0.15) is 5.56 Å². The predicted octanol–water partition coefficient (Wildman–Crippen LogP) is 3.69. The van der Waals surface area contributed by atoms with Gasteiger partial charge in [-0.25, -0.2) is 23.5 Å². The fraction of sp³-hybridized carbons (Fsp3) is 0.214. The van der Waals surface area contributed by atoms with Crippen molar-refractivity contribution >= 4 is 17.6 Å². The quantitative estimate of drug-likeness (QED) is 0.675. The van der Waals surface area contributed by atoms with E-state index in [1.807, 2.05) is 0 Å². The van der Waals surface area contributed by atoms with E-state index in [0.717, 1.165) is 18.2 Å². The number of halogens is 5. The second kappa shape index (κ2) is 6.77. The molecule has 0 amide bonds. The third kappa shape index (κ3) is 3.76. The average Bonchev–Trinajstić information content (AvgIpc) is 2.51. The lowest BCUT2D eigenvalue weighted by molar-refractivity contribution is -0.141. The number of anilines is 2. The molecule has 0 aliphatic rings. The second-order valence-corrected chi connectivity index (χ2v) is 4.40. The molecule has 1 aromatic heterocycles. The second-order valence-electron chi connectivity index (χ2n) is 4.40. The van der Waals surface area contributed by atoms with E-state index in [2.05, 4.69) is 20.0 Å². The first-order valence-electron chi connectivity index (χ1n) is 6.56. The van der Waals surface area contributed by atoms with Gasteiger partial charge in [-0.1, -0.05) is 6.07 Å². The Hall–Kier alpha value is -2.78. The van der Waals surface area contributed by atoms with Gasteiger partial charge in [0.2, 0.25) is 5.95 Å². The van der Waals surface area contributed by atoms with E-state index in [1.54, 1.807) is 0 Å². The maximum Gasteiger partial charge on any atom is 0.434 e. The maximum absolute atomic E-state index is 13.5. The molecular formula is C14H10F5N3O2. The molecule has 0 fully saturated rings. The number of ether oxygens (including phenoxy) is 1. The van der Waals surface area contributed by atoms with Crippen LogP contribution in [-0.2, 0) is 10.9 Å². The monoisotopic (exact) mass is 347 g/mol. The Morgan fingerprint density at radius 1 is 1.29 bits per heavy atom. The normalized spacial score (nSPS) is 11.2. The number of carbonyl (C=O) groups is 1. The lowest BCUT2D eigenvalue weighted by Crippen LogP contribution is -2.19. The minimum absolute atomic E-state index is 0.134. The molecule has 5 nitrogen and oxygen atoms in total. The maximum atomic E-state index is 13.5. The molecule has 128 valence electrons. The summed E-state index contributed by atoms with van der Waals surface area (Å²) in [7, 11) is 0. The van der Waals surface area contributed by atoms with Crippen molar-refractivity contribution in [2.45, 2.75) is 13.1 Å². The van der Waals surface area contributed by atoms with E-state index in [0.29, 0.717) is 6.20 Å². The molecule has 2 rings (SSSR count). The van der Waals surface area contributed by atoms with Crippen LogP contribution in [0.15, 0.2) is 24.4 Å². The van der Waals surface area contributed by atoms with Crippen LogP contribution in [0.2, 0.25) is 0 Å². The molecule has 0 aliphatic heterocycles. The molecule has 0 unspecified atom stereocenters. The van der Waals surface area contributed by atoms with Crippen LogP contribution in [-0.4, -0.2) is 22.5 Å². The highest BCUT2D eigenvalue weighted by atomic mass is 19.4. The summed E-state index contributed by atoms with van der Waals surface area (Å²) in [6, 6.07) is 3.08. The largest absolute Gasteiger partial charge is 0.462 e. The van der Waals surface area contributed by atoms with Gasteiger partial charge in [-0.15, -0.1) is 0 Å². The Balaban J connectivity index is 2.43. The molecule has 0 spiro atoms. The van der Waals surface area contributed by atoms with Crippen molar-refractivity contribution in [3.63, 3.8) is 0 Å². The van der Waals surface area contributed by atoms with Gasteiger partial charge in [-0.05, 0) is 19.1 Å². The fourth-order valence-corrected chi connectivity index (χ4v) is 1.74. The number of esters is 1. The fourth-order valence-electron chi connectivity index (χ4n) is 1.74. The number of hydrogen-bond acceptors (Lipinski definition) is 5. The highest BCUT2D eigenvalue weighted by Crippen LogP contribution is 2.31. The third-order valence-electron chi connectivity index (χ3n) is 2.75. The summed E-state index contributed by atoms with van der Waals surface area (Å²) in [5.74, 6) is -4.39. The van der Waals surface area contributed by atoms with E-state index in [4.69, 9.17) is 0 Å². The van der Waals surface area contributed by atoms with Crippen molar-refractivity contribution in [3.8, 4) is 0 Å². The molecule has 1 N–H and O–H groups in total. The molecule has 0 aliphatic carbocycles. The Morgan fingerprint density at radius 3 is 2.62 bits per heavy atom.